The molecular weight excluding hydrogens is 524 g/mol. The maximum absolute atomic E-state index is 11.8. The number of unbranched alkanes of at least 4 members (excludes halogenated alkanes) is 25. The highest BCUT2D eigenvalue weighted by molar-refractivity contribution is 5.89. The molecule has 2 nitrogen and oxygen atoms in total. The van der Waals surface area contributed by atoms with Crippen molar-refractivity contribution in [1.82, 2.24) is 0 Å². The maximum atomic E-state index is 11.8. The molecule has 0 aliphatic carbocycles. The zero-order chi connectivity index (χ0) is 31.5. The molecule has 0 aliphatic rings. The van der Waals surface area contributed by atoms with Crippen molar-refractivity contribution in [3.8, 4) is 0 Å². The molecule has 0 aromatic heterocycles. The third kappa shape index (κ3) is 33.4. The van der Waals surface area contributed by atoms with E-state index in [4.69, 9.17) is 4.74 Å². The number of benzene rings is 1. The monoisotopic (exact) mass is 601 g/mol. The molecule has 0 spiro atoms. The quantitative estimate of drug-likeness (QED) is 0.0648. The van der Waals surface area contributed by atoms with E-state index in [2.05, 4.69) is 27.7 Å². The third-order valence-corrected chi connectivity index (χ3v) is 8.63. The predicted molar refractivity (Wildman–Crippen MR) is 192 cm³/mol. The lowest BCUT2D eigenvalue weighted by atomic mass is 10.0. The van der Waals surface area contributed by atoms with E-state index < -0.39 is 0 Å². The molecule has 0 saturated heterocycles. The summed E-state index contributed by atoms with van der Waals surface area (Å²) >= 11 is 0. The predicted octanol–water partition coefficient (Wildman–Crippen LogP) is 14.4. The number of ether oxygens (including phenoxy) is 1. The molecule has 1 rings (SSSR count). The Morgan fingerprint density at radius 2 is 0.814 bits per heavy atom. The van der Waals surface area contributed by atoms with Crippen molar-refractivity contribution < 1.29 is 9.53 Å². The van der Waals surface area contributed by atoms with Gasteiger partial charge in [-0.25, -0.2) is 4.79 Å². The first kappa shape index (κ1) is 41.7. The van der Waals surface area contributed by atoms with Crippen molar-refractivity contribution in [2.24, 2.45) is 5.92 Å². The number of rotatable bonds is 30. The van der Waals surface area contributed by atoms with Gasteiger partial charge in [-0.3, -0.25) is 0 Å². The molecule has 0 bridgehead atoms. The fourth-order valence-corrected chi connectivity index (χ4v) is 5.69. The number of carbonyl (C=O) groups is 1. The van der Waals surface area contributed by atoms with Gasteiger partial charge in [-0.05, 0) is 24.5 Å². The van der Waals surface area contributed by atoms with Gasteiger partial charge in [0.15, 0.2) is 0 Å². The average Bonchev–Trinajstić information content (AvgIpc) is 3.02. The lowest BCUT2D eigenvalue weighted by Gasteiger charge is -2.05. The van der Waals surface area contributed by atoms with Crippen molar-refractivity contribution in [2.75, 3.05) is 6.61 Å². The fraction of sp³-hybridized carbons (Fsp3) is 0.829. The van der Waals surface area contributed by atoms with E-state index in [1.54, 1.807) is 12.1 Å². The van der Waals surface area contributed by atoms with Gasteiger partial charge in [0.05, 0.1) is 12.2 Å². The van der Waals surface area contributed by atoms with E-state index in [-0.39, 0.29) is 5.97 Å². The standard InChI is InChI=1S/C25H42O2.C16H34/c1-2-3-4-5-6-7-8-9-10-11-12-13-14-15-16-20-23-27-25(26)24-21-18-17-19-22-24;1-4-5-6-7-8-9-10-11-12-13-14-15-16(2)3/h17-19,21-22H,2-16,20,23H2,1H3;16H,4-15H2,1-3H3. The first-order valence-corrected chi connectivity index (χ1v) is 19.3. The lowest BCUT2D eigenvalue weighted by Crippen LogP contribution is -2.06. The molecule has 0 atom stereocenters. The Bertz CT molecular complexity index is 653. The molecule has 1 aromatic carbocycles. The number of esters is 1. The Hall–Kier alpha value is -1.31. The fourth-order valence-electron chi connectivity index (χ4n) is 5.69. The van der Waals surface area contributed by atoms with Crippen LogP contribution in [-0.2, 0) is 4.74 Å². The highest BCUT2D eigenvalue weighted by atomic mass is 16.5. The van der Waals surface area contributed by atoms with Crippen LogP contribution in [0.3, 0.4) is 0 Å². The molecule has 252 valence electrons. The molecule has 0 aliphatic heterocycles. The molecule has 43 heavy (non-hydrogen) atoms. The molecule has 1 aromatic rings. The van der Waals surface area contributed by atoms with Crippen molar-refractivity contribution in [1.29, 1.82) is 0 Å². The van der Waals surface area contributed by atoms with Crippen LogP contribution in [0.2, 0.25) is 0 Å². The normalized spacial score (nSPS) is 11.0. The van der Waals surface area contributed by atoms with E-state index in [1.807, 2.05) is 18.2 Å². The molecule has 0 unspecified atom stereocenters. The van der Waals surface area contributed by atoms with Gasteiger partial charge in [0.25, 0.3) is 0 Å². The number of hydrogen-bond donors (Lipinski definition) is 0. The Labute approximate surface area is 270 Å². The molecular formula is C41H76O2. The highest BCUT2D eigenvalue weighted by Crippen LogP contribution is 2.15. The second-order valence-electron chi connectivity index (χ2n) is 13.5. The van der Waals surface area contributed by atoms with Crippen LogP contribution in [-0.4, -0.2) is 12.6 Å². The molecule has 0 fully saturated rings. The van der Waals surface area contributed by atoms with E-state index in [1.165, 1.54) is 173 Å². The van der Waals surface area contributed by atoms with Crippen LogP contribution in [0, 0.1) is 5.92 Å². The lowest BCUT2D eigenvalue weighted by molar-refractivity contribution is 0.0497. The van der Waals surface area contributed by atoms with Gasteiger partial charge < -0.3 is 4.74 Å². The largest absolute Gasteiger partial charge is 0.462 e. The third-order valence-electron chi connectivity index (χ3n) is 8.63. The van der Waals surface area contributed by atoms with E-state index in [0.717, 1.165) is 12.3 Å². The van der Waals surface area contributed by atoms with Crippen molar-refractivity contribution in [3.05, 3.63) is 35.9 Å². The van der Waals surface area contributed by atoms with Gasteiger partial charge in [-0.1, -0.05) is 219 Å². The summed E-state index contributed by atoms with van der Waals surface area (Å²) in [4.78, 5) is 11.8. The first-order valence-electron chi connectivity index (χ1n) is 19.3. The summed E-state index contributed by atoms with van der Waals surface area (Å²) in [5.41, 5.74) is 0.647. The summed E-state index contributed by atoms with van der Waals surface area (Å²) in [5.74, 6) is 0.704. The maximum Gasteiger partial charge on any atom is 0.338 e. The van der Waals surface area contributed by atoms with Crippen LogP contribution in [0.4, 0.5) is 0 Å². The van der Waals surface area contributed by atoms with Gasteiger partial charge in [-0.2, -0.15) is 0 Å². The molecule has 0 saturated carbocycles. The minimum Gasteiger partial charge on any atom is -0.462 e. The van der Waals surface area contributed by atoms with Gasteiger partial charge in [-0.15, -0.1) is 0 Å². The Balaban J connectivity index is 0.000000942. The van der Waals surface area contributed by atoms with Crippen molar-refractivity contribution >= 4 is 5.97 Å². The summed E-state index contributed by atoms with van der Waals surface area (Å²) in [6.45, 7) is 9.78. The minimum atomic E-state index is -0.198. The van der Waals surface area contributed by atoms with E-state index >= 15 is 0 Å². The van der Waals surface area contributed by atoms with E-state index in [0.29, 0.717) is 12.2 Å². The van der Waals surface area contributed by atoms with Crippen LogP contribution < -0.4 is 0 Å². The summed E-state index contributed by atoms with van der Waals surface area (Å²) in [6.07, 6.45) is 39.2. The second-order valence-corrected chi connectivity index (χ2v) is 13.5. The second kappa shape index (κ2) is 35.2. The Morgan fingerprint density at radius 1 is 0.488 bits per heavy atom. The van der Waals surface area contributed by atoms with Crippen LogP contribution in [0.25, 0.3) is 0 Å². The Kier molecular flexibility index (Phi) is 34.1. The topological polar surface area (TPSA) is 26.3 Å². The summed E-state index contributed by atoms with van der Waals surface area (Å²) in [5, 5.41) is 0. The molecule has 0 N–H and O–H groups in total. The molecule has 0 radical (unpaired) electrons. The zero-order valence-corrected chi connectivity index (χ0v) is 29.8. The summed E-state index contributed by atoms with van der Waals surface area (Å²) in [7, 11) is 0. The van der Waals surface area contributed by atoms with Crippen LogP contribution >= 0.6 is 0 Å². The van der Waals surface area contributed by atoms with Crippen LogP contribution in [0.1, 0.15) is 218 Å². The summed E-state index contributed by atoms with van der Waals surface area (Å²) in [6, 6.07) is 9.24. The van der Waals surface area contributed by atoms with Crippen LogP contribution in [0.15, 0.2) is 30.3 Å². The van der Waals surface area contributed by atoms with Crippen molar-refractivity contribution in [3.63, 3.8) is 0 Å². The SMILES string of the molecule is CCCCCCCCCCCCCC(C)C.CCCCCCCCCCCCCCCCCCOC(=O)c1ccccc1. The van der Waals surface area contributed by atoms with Gasteiger partial charge in [0, 0.05) is 0 Å². The zero-order valence-electron chi connectivity index (χ0n) is 29.8. The minimum absolute atomic E-state index is 0.198. The van der Waals surface area contributed by atoms with Gasteiger partial charge in [0.1, 0.15) is 0 Å². The molecule has 0 heterocycles. The molecule has 0 amide bonds. The summed E-state index contributed by atoms with van der Waals surface area (Å²) < 4.78 is 5.31. The number of carbonyl (C=O) groups excluding carboxylic acids is 1. The molecule has 2 heteroatoms. The Morgan fingerprint density at radius 3 is 1.16 bits per heavy atom. The first-order chi connectivity index (χ1) is 21.1. The number of hydrogen-bond acceptors (Lipinski definition) is 2. The smallest absolute Gasteiger partial charge is 0.338 e. The average molecular weight is 601 g/mol. The van der Waals surface area contributed by atoms with Crippen molar-refractivity contribution in [2.45, 2.75) is 207 Å². The van der Waals surface area contributed by atoms with E-state index in [9.17, 15) is 4.79 Å². The van der Waals surface area contributed by atoms with Gasteiger partial charge in [0.2, 0.25) is 0 Å². The van der Waals surface area contributed by atoms with Crippen LogP contribution in [0.5, 0.6) is 0 Å². The van der Waals surface area contributed by atoms with Gasteiger partial charge >= 0.3 is 5.97 Å². The highest BCUT2D eigenvalue weighted by Gasteiger charge is 2.05.